The Bertz CT molecular complexity index is 463. The van der Waals surface area contributed by atoms with Crippen molar-refractivity contribution in [1.82, 2.24) is 4.98 Å². The zero-order valence-corrected chi connectivity index (χ0v) is 8.89. The van der Waals surface area contributed by atoms with Crippen molar-refractivity contribution in [2.24, 2.45) is 0 Å². The minimum absolute atomic E-state index is 0.321. The minimum atomic E-state index is -5.04. The van der Waals surface area contributed by atoms with Gasteiger partial charge in [0.15, 0.2) is 0 Å². The van der Waals surface area contributed by atoms with Crippen LogP contribution in [0.4, 0.5) is 19.0 Å². The fourth-order valence-electron chi connectivity index (χ4n) is 1.17. The number of pyridine rings is 1. The molecule has 0 bridgehead atoms. The van der Waals surface area contributed by atoms with E-state index in [2.05, 4.69) is 14.5 Å². The van der Waals surface area contributed by atoms with Gasteiger partial charge in [-0.05, 0) is 4.92 Å². The number of alkyl halides is 3. The van der Waals surface area contributed by atoms with E-state index in [0.29, 0.717) is 6.07 Å². The van der Waals surface area contributed by atoms with Crippen molar-refractivity contribution in [1.29, 1.82) is 0 Å². The van der Waals surface area contributed by atoms with E-state index in [9.17, 15) is 23.3 Å². The van der Waals surface area contributed by atoms with E-state index in [1.54, 1.807) is 0 Å². The molecule has 0 saturated carbocycles. The van der Waals surface area contributed by atoms with Crippen molar-refractivity contribution in [3.63, 3.8) is 0 Å². The number of rotatable bonds is 4. The summed E-state index contributed by atoms with van der Waals surface area (Å²) in [6.07, 6.45) is -5.04. The van der Waals surface area contributed by atoms with Gasteiger partial charge in [-0.3, -0.25) is 0 Å². The molecule has 0 unspecified atom stereocenters. The fourth-order valence-corrected chi connectivity index (χ4v) is 1.17. The summed E-state index contributed by atoms with van der Waals surface area (Å²) in [5.41, 5.74) is -0.336. The van der Waals surface area contributed by atoms with E-state index in [1.165, 1.54) is 0 Å². The number of nitro groups is 1. The third kappa shape index (κ3) is 3.20. The lowest BCUT2D eigenvalue weighted by atomic mass is 10.2. The Labute approximate surface area is 97.9 Å². The van der Waals surface area contributed by atoms with Gasteiger partial charge >= 0.3 is 18.1 Å². The van der Waals surface area contributed by atoms with Gasteiger partial charge in [-0.15, -0.1) is 13.2 Å². The van der Waals surface area contributed by atoms with E-state index in [-0.39, 0.29) is 11.3 Å². The summed E-state index contributed by atoms with van der Waals surface area (Å²) in [5, 5.41) is 19.5. The molecule has 1 rings (SSSR count). The molecule has 0 spiro atoms. The summed E-state index contributed by atoms with van der Waals surface area (Å²) >= 11 is 0. The third-order valence-electron chi connectivity index (χ3n) is 1.81. The number of hydrogen-bond acceptors (Lipinski definition) is 6. The molecule has 1 aromatic rings. The Morgan fingerprint density at radius 3 is 2.56 bits per heavy atom. The van der Waals surface area contributed by atoms with Gasteiger partial charge in [0.05, 0.1) is 19.8 Å². The van der Waals surface area contributed by atoms with Crippen LogP contribution in [0.1, 0.15) is 5.56 Å². The van der Waals surface area contributed by atoms with Gasteiger partial charge in [0.25, 0.3) is 0 Å². The van der Waals surface area contributed by atoms with Crippen LogP contribution in [0.2, 0.25) is 0 Å². The maximum absolute atomic E-state index is 12.0. The maximum atomic E-state index is 12.0. The molecule has 0 saturated heterocycles. The van der Waals surface area contributed by atoms with Gasteiger partial charge < -0.3 is 24.7 Å². The second-order valence-corrected chi connectivity index (χ2v) is 2.93. The number of aliphatic hydroxyl groups is 1. The van der Waals surface area contributed by atoms with E-state index >= 15 is 0 Å². The van der Waals surface area contributed by atoms with Crippen LogP contribution in [0, 0.1) is 10.1 Å². The molecule has 0 aliphatic heterocycles. The molecule has 0 atom stereocenters. The van der Waals surface area contributed by atoms with Crippen molar-refractivity contribution < 1.29 is 32.7 Å². The Morgan fingerprint density at radius 2 is 2.17 bits per heavy atom. The van der Waals surface area contributed by atoms with Gasteiger partial charge in [-0.1, -0.05) is 0 Å². The number of aliphatic hydroxyl groups excluding tert-OH is 1. The highest BCUT2D eigenvalue weighted by Crippen LogP contribution is 2.32. The highest BCUT2D eigenvalue weighted by atomic mass is 19.4. The van der Waals surface area contributed by atoms with Crippen molar-refractivity contribution in [2.45, 2.75) is 13.0 Å². The average Bonchev–Trinajstić information content (AvgIpc) is 2.25. The first-order valence-electron chi connectivity index (χ1n) is 4.37. The van der Waals surface area contributed by atoms with Crippen LogP contribution in [-0.2, 0) is 6.61 Å². The third-order valence-corrected chi connectivity index (χ3v) is 1.81. The van der Waals surface area contributed by atoms with Crippen molar-refractivity contribution >= 4 is 5.82 Å². The van der Waals surface area contributed by atoms with Crippen molar-refractivity contribution in [3.05, 3.63) is 21.7 Å². The first-order chi connectivity index (χ1) is 8.28. The lowest BCUT2D eigenvalue weighted by molar-refractivity contribution is -0.391. The second kappa shape index (κ2) is 5.04. The monoisotopic (exact) mass is 268 g/mol. The summed E-state index contributed by atoms with van der Waals surface area (Å²) in [4.78, 5) is 12.6. The van der Waals surface area contributed by atoms with Gasteiger partial charge in [-0.25, -0.2) is 0 Å². The topological polar surface area (TPSA) is 94.7 Å². The number of hydrogen-bond donors (Lipinski definition) is 1. The molecule has 7 nitrogen and oxygen atoms in total. The summed E-state index contributed by atoms with van der Waals surface area (Å²) in [6.45, 7) is -0.807. The quantitative estimate of drug-likeness (QED) is 0.655. The van der Waals surface area contributed by atoms with Crippen LogP contribution >= 0.6 is 0 Å². The largest absolute Gasteiger partial charge is 0.575 e. The summed E-state index contributed by atoms with van der Waals surface area (Å²) in [6, 6.07) is 0.700. The summed E-state index contributed by atoms with van der Waals surface area (Å²) < 4.78 is 44.0. The molecule has 1 N–H and O–H groups in total. The Balaban J connectivity index is 3.32. The molecule has 0 aliphatic carbocycles. The fraction of sp³-hybridized carbons (Fsp3) is 0.375. The second-order valence-electron chi connectivity index (χ2n) is 2.93. The summed E-state index contributed by atoms with van der Waals surface area (Å²) in [5.74, 6) is -2.32. The van der Waals surface area contributed by atoms with E-state index in [1.807, 2.05) is 0 Å². The van der Waals surface area contributed by atoms with Gasteiger partial charge in [0.1, 0.15) is 11.3 Å². The van der Waals surface area contributed by atoms with Crippen LogP contribution in [0.3, 0.4) is 0 Å². The van der Waals surface area contributed by atoms with Crippen molar-refractivity contribution in [2.75, 3.05) is 7.11 Å². The number of nitrogens with zero attached hydrogens (tertiary/aromatic N) is 2. The SMILES string of the molecule is COc1cc(OC(F)(F)F)nc([N+](=O)[O-])c1CO. The minimum Gasteiger partial charge on any atom is -0.496 e. The highest BCUT2D eigenvalue weighted by Gasteiger charge is 2.35. The van der Waals surface area contributed by atoms with E-state index in [0.717, 1.165) is 7.11 Å². The summed E-state index contributed by atoms with van der Waals surface area (Å²) in [7, 11) is 1.08. The van der Waals surface area contributed by atoms with Crippen LogP contribution in [0.5, 0.6) is 11.6 Å². The van der Waals surface area contributed by atoms with Gasteiger partial charge in [0, 0.05) is 4.98 Å². The molecule has 10 heteroatoms. The molecule has 0 radical (unpaired) electrons. The molecule has 100 valence electrons. The first kappa shape index (κ1) is 14.0. The van der Waals surface area contributed by atoms with Gasteiger partial charge in [0.2, 0.25) is 0 Å². The van der Waals surface area contributed by atoms with E-state index in [4.69, 9.17) is 5.11 Å². The Morgan fingerprint density at radius 1 is 1.56 bits per heavy atom. The molecular formula is C8H7F3N2O5. The average molecular weight is 268 g/mol. The van der Waals surface area contributed by atoms with Crippen LogP contribution in [0.15, 0.2) is 6.07 Å². The highest BCUT2D eigenvalue weighted by molar-refractivity contribution is 5.47. The van der Waals surface area contributed by atoms with Crippen LogP contribution in [0.25, 0.3) is 0 Å². The lowest BCUT2D eigenvalue weighted by Gasteiger charge is -2.09. The number of halogens is 3. The van der Waals surface area contributed by atoms with Crippen LogP contribution in [-0.4, -0.2) is 28.5 Å². The van der Waals surface area contributed by atoms with Crippen LogP contribution < -0.4 is 9.47 Å². The molecule has 0 fully saturated rings. The molecule has 0 aliphatic rings. The number of aromatic nitrogens is 1. The molecule has 18 heavy (non-hydrogen) atoms. The maximum Gasteiger partial charge on any atom is 0.575 e. The predicted octanol–water partition coefficient (Wildman–Crippen LogP) is 1.39. The van der Waals surface area contributed by atoms with E-state index < -0.39 is 29.6 Å². The molecule has 0 amide bonds. The first-order valence-corrected chi connectivity index (χ1v) is 4.37. The zero-order chi connectivity index (χ0) is 13.9. The van der Waals surface area contributed by atoms with Crippen molar-refractivity contribution in [3.8, 4) is 11.6 Å². The smallest absolute Gasteiger partial charge is 0.496 e. The zero-order valence-electron chi connectivity index (χ0n) is 8.89. The molecular weight excluding hydrogens is 261 g/mol. The standard InChI is InChI=1S/C8H7F3N2O5/c1-17-5-2-6(18-8(9,10)11)12-7(13(15)16)4(5)3-14/h2,14H,3H2,1H3. The Kier molecular flexibility index (Phi) is 3.91. The molecule has 0 aromatic carbocycles. The molecule has 1 aromatic heterocycles. The normalized spacial score (nSPS) is 11.2. The van der Waals surface area contributed by atoms with Gasteiger partial charge in [-0.2, -0.15) is 0 Å². The number of ether oxygens (including phenoxy) is 2. The molecule has 1 heterocycles. The predicted molar refractivity (Wildman–Crippen MR) is 50.0 cm³/mol. The lowest BCUT2D eigenvalue weighted by Crippen LogP contribution is -2.18. The number of methoxy groups -OCH3 is 1. The Hall–Kier alpha value is -2.10.